The van der Waals surface area contributed by atoms with Gasteiger partial charge in [-0.05, 0) is 13.8 Å². The summed E-state index contributed by atoms with van der Waals surface area (Å²) in [6.07, 6.45) is -2.71. The minimum Gasteiger partial charge on any atom is -0.388 e. The number of ether oxygens (including phenoxy) is 2. The van der Waals surface area contributed by atoms with E-state index in [1.807, 2.05) is 25.8 Å². The van der Waals surface area contributed by atoms with Crippen molar-refractivity contribution in [2.24, 2.45) is 4.99 Å². The van der Waals surface area contributed by atoms with E-state index in [1.54, 1.807) is 7.11 Å². The molecule has 2 N–H and O–H groups in total. The highest BCUT2D eigenvalue weighted by molar-refractivity contribution is 8.14. The van der Waals surface area contributed by atoms with Gasteiger partial charge in [-0.25, -0.2) is 0 Å². The molecule has 6 nitrogen and oxygen atoms in total. The Labute approximate surface area is 117 Å². The summed E-state index contributed by atoms with van der Waals surface area (Å²) in [4.78, 5) is 6.46. The smallest absolute Gasteiger partial charge is 0.162 e. The number of fused-ring (bicyclic) bond motifs is 1. The lowest BCUT2D eigenvalue weighted by atomic mass is 9.95. The molecule has 19 heavy (non-hydrogen) atoms. The maximum atomic E-state index is 10.2. The number of nitrogens with zero attached hydrogens (tertiary/aromatic N) is 2. The average Bonchev–Trinajstić information content (AvgIpc) is 2.85. The van der Waals surface area contributed by atoms with Crippen LogP contribution in [0, 0.1) is 0 Å². The number of hydrogen-bond acceptors (Lipinski definition) is 7. The highest BCUT2D eigenvalue weighted by Gasteiger charge is 2.50. The number of rotatable bonds is 3. The Bertz CT molecular complexity index is 355. The zero-order valence-electron chi connectivity index (χ0n) is 11.7. The highest BCUT2D eigenvalue weighted by Crippen LogP contribution is 2.38. The second-order valence-electron chi connectivity index (χ2n) is 4.93. The lowest BCUT2D eigenvalue weighted by molar-refractivity contribution is -0.186. The zero-order valence-corrected chi connectivity index (χ0v) is 12.5. The van der Waals surface area contributed by atoms with E-state index in [4.69, 9.17) is 9.47 Å². The summed E-state index contributed by atoms with van der Waals surface area (Å²) in [5.74, 6) is 0. The number of hydrogen-bond donors (Lipinski definition) is 2. The first-order valence-corrected chi connectivity index (χ1v) is 7.37. The van der Waals surface area contributed by atoms with Crippen LogP contribution >= 0.6 is 11.8 Å². The van der Waals surface area contributed by atoms with Crippen molar-refractivity contribution in [1.82, 2.24) is 4.90 Å². The molecule has 2 aliphatic rings. The average molecular weight is 290 g/mol. The van der Waals surface area contributed by atoms with E-state index in [-0.39, 0.29) is 11.5 Å². The maximum absolute atomic E-state index is 10.2. The number of aliphatic hydroxyl groups excluding tert-OH is 2. The fourth-order valence-corrected chi connectivity index (χ4v) is 3.46. The van der Waals surface area contributed by atoms with Gasteiger partial charge >= 0.3 is 0 Å². The molecule has 0 aromatic heterocycles. The van der Waals surface area contributed by atoms with Crippen molar-refractivity contribution in [3.63, 3.8) is 0 Å². The molecule has 6 atom stereocenters. The topological polar surface area (TPSA) is 74.5 Å². The van der Waals surface area contributed by atoms with Crippen LogP contribution in [0.1, 0.15) is 13.8 Å². The summed E-state index contributed by atoms with van der Waals surface area (Å²) in [5.41, 5.74) is -0.259. The summed E-state index contributed by atoms with van der Waals surface area (Å²) in [6, 6.07) is -0.413. The lowest BCUT2D eigenvalue weighted by Gasteiger charge is -2.40. The number of methoxy groups -OCH3 is 1. The monoisotopic (exact) mass is 290 g/mol. The Morgan fingerprint density at radius 3 is 2.74 bits per heavy atom. The molecule has 0 unspecified atom stereocenters. The lowest BCUT2D eigenvalue weighted by Crippen LogP contribution is -2.58. The number of aliphatic imine (C=N–C) groups is 1. The summed E-state index contributed by atoms with van der Waals surface area (Å²) in [6.45, 7) is 4.69. The molecular formula is C12H22N2O4S. The number of thioether (sulfide) groups is 1. The van der Waals surface area contributed by atoms with Crippen LogP contribution < -0.4 is 0 Å². The Morgan fingerprint density at radius 1 is 1.47 bits per heavy atom. The predicted octanol–water partition coefficient (Wildman–Crippen LogP) is -0.109. The van der Waals surface area contributed by atoms with E-state index in [0.717, 1.165) is 11.7 Å². The van der Waals surface area contributed by atoms with Crippen LogP contribution in [0.15, 0.2) is 4.99 Å². The minimum absolute atomic E-state index is 0.259. The molecule has 2 rings (SSSR count). The van der Waals surface area contributed by atoms with Gasteiger partial charge in [0.1, 0.15) is 29.8 Å². The number of aliphatic hydroxyl groups is 2. The summed E-state index contributed by atoms with van der Waals surface area (Å²) < 4.78 is 11.1. The van der Waals surface area contributed by atoms with Gasteiger partial charge in [0, 0.05) is 20.7 Å². The van der Waals surface area contributed by atoms with Gasteiger partial charge < -0.3 is 24.6 Å². The van der Waals surface area contributed by atoms with Gasteiger partial charge in [-0.2, -0.15) is 0 Å². The highest BCUT2D eigenvalue weighted by atomic mass is 32.2. The molecule has 0 amide bonds. The van der Waals surface area contributed by atoms with Crippen molar-refractivity contribution in [1.29, 1.82) is 0 Å². The Hall–Kier alpha value is -0.340. The number of amidine groups is 1. The molecule has 0 aromatic rings. The van der Waals surface area contributed by atoms with E-state index < -0.39 is 24.4 Å². The van der Waals surface area contributed by atoms with E-state index in [1.165, 1.54) is 11.8 Å². The third kappa shape index (κ3) is 2.75. The van der Waals surface area contributed by atoms with Crippen LogP contribution in [0.25, 0.3) is 0 Å². The fraction of sp³-hybridized carbons (Fsp3) is 0.917. The molecule has 2 aliphatic heterocycles. The van der Waals surface area contributed by atoms with Crippen molar-refractivity contribution in [3.8, 4) is 0 Å². The van der Waals surface area contributed by atoms with E-state index in [0.29, 0.717) is 0 Å². The molecule has 0 aliphatic carbocycles. The second kappa shape index (κ2) is 5.97. The largest absolute Gasteiger partial charge is 0.388 e. The molecule has 0 saturated carbocycles. The van der Waals surface area contributed by atoms with E-state index >= 15 is 0 Å². The molecule has 0 radical (unpaired) electrons. The quantitative estimate of drug-likeness (QED) is 0.755. The van der Waals surface area contributed by atoms with Gasteiger partial charge in [-0.3, -0.25) is 4.99 Å². The Balaban J connectivity index is 2.12. The molecule has 110 valence electrons. The van der Waals surface area contributed by atoms with Crippen molar-refractivity contribution >= 4 is 16.9 Å². The first kappa shape index (κ1) is 15.1. The molecule has 0 spiro atoms. The van der Waals surface area contributed by atoms with Gasteiger partial charge in [0.05, 0.1) is 6.10 Å². The second-order valence-corrected chi connectivity index (χ2v) is 5.99. The van der Waals surface area contributed by atoms with Gasteiger partial charge in [-0.1, -0.05) is 11.8 Å². The SMILES string of the molecule is CCN(C)C1=N[C@@H]2[C@@H](O)[C@H](O)[C@@H]([C@@H](C)OC)O[C@@H]2S1. The molecular weight excluding hydrogens is 268 g/mol. The van der Waals surface area contributed by atoms with Gasteiger partial charge in [0.25, 0.3) is 0 Å². The third-order valence-electron chi connectivity index (χ3n) is 3.72. The van der Waals surface area contributed by atoms with Crippen molar-refractivity contribution < 1.29 is 19.7 Å². The molecule has 1 saturated heterocycles. The fourth-order valence-electron chi connectivity index (χ4n) is 2.22. The summed E-state index contributed by atoms with van der Waals surface area (Å²) >= 11 is 1.49. The van der Waals surface area contributed by atoms with Crippen molar-refractivity contribution in [2.75, 3.05) is 20.7 Å². The third-order valence-corrected chi connectivity index (χ3v) is 4.97. The van der Waals surface area contributed by atoms with Crippen LogP contribution in [-0.2, 0) is 9.47 Å². The Kier molecular flexibility index (Phi) is 4.73. The standard InChI is InChI=1S/C12H22N2O4S/c1-5-14(3)12-13-7-8(15)9(16)10(6(2)17-4)18-11(7)19-12/h6-11,15-16H,5H2,1-4H3/t6-,7-,8-,9+,10-,11-/m1/s1. The van der Waals surface area contributed by atoms with Gasteiger partial charge in [0.15, 0.2) is 5.17 Å². The predicted molar refractivity (Wildman–Crippen MR) is 74.3 cm³/mol. The van der Waals surface area contributed by atoms with Gasteiger partial charge in [0.2, 0.25) is 0 Å². The van der Waals surface area contributed by atoms with Crippen molar-refractivity contribution in [2.45, 2.75) is 49.7 Å². The van der Waals surface area contributed by atoms with E-state index in [9.17, 15) is 10.2 Å². The van der Waals surface area contributed by atoms with Crippen LogP contribution in [0.3, 0.4) is 0 Å². The molecule has 1 fully saturated rings. The first-order chi connectivity index (χ1) is 8.99. The van der Waals surface area contributed by atoms with Crippen LogP contribution in [-0.4, -0.2) is 76.9 Å². The van der Waals surface area contributed by atoms with E-state index in [2.05, 4.69) is 4.99 Å². The maximum Gasteiger partial charge on any atom is 0.162 e. The summed E-state index contributed by atoms with van der Waals surface area (Å²) in [7, 11) is 3.51. The summed E-state index contributed by atoms with van der Waals surface area (Å²) in [5, 5.41) is 21.2. The van der Waals surface area contributed by atoms with Crippen LogP contribution in [0.4, 0.5) is 0 Å². The Morgan fingerprint density at radius 2 is 2.16 bits per heavy atom. The molecule has 2 heterocycles. The van der Waals surface area contributed by atoms with Gasteiger partial charge in [-0.15, -0.1) is 0 Å². The molecule has 7 heteroatoms. The first-order valence-electron chi connectivity index (χ1n) is 6.49. The normalized spacial score (nSPS) is 39.7. The van der Waals surface area contributed by atoms with Crippen LogP contribution in [0.2, 0.25) is 0 Å². The molecule has 0 bridgehead atoms. The molecule has 0 aromatic carbocycles. The van der Waals surface area contributed by atoms with Crippen LogP contribution in [0.5, 0.6) is 0 Å². The minimum atomic E-state index is -0.980. The van der Waals surface area contributed by atoms with Crippen molar-refractivity contribution in [3.05, 3.63) is 0 Å². The zero-order chi connectivity index (χ0) is 14.2.